The number of carbonyl (C=O) groups excluding carboxylic acids is 1. The summed E-state index contributed by atoms with van der Waals surface area (Å²) in [4.78, 5) is 21.7. The van der Waals surface area contributed by atoms with Crippen molar-refractivity contribution in [3.8, 4) is 0 Å². The Morgan fingerprint density at radius 2 is 1.96 bits per heavy atom. The van der Waals surface area contributed by atoms with E-state index in [4.69, 9.17) is 0 Å². The third kappa shape index (κ3) is 3.59. The molecule has 0 fully saturated rings. The van der Waals surface area contributed by atoms with Crippen molar-refractivity contribution in [1.82, 2.24) is 14.9 Å². The third-order valence-corrected chi connectivity index (χ3v) is 4.14. The quantitative estimate of drug-likeness (QED) is 0.757. The van der Waals surface area contributed by atoms with Crippen LogP contribution in [0.4, 0.5) is 0 Å². The highest BCUT2D eigenvalue weighted by molar-refractivity contribution is 5.84. The maximum absolute atomic E-state index is 12.5. The summed E-state index contributed by atoms with van der Waals surface area (Å²) in [7, 11) is 0. The van der Waals surface area contributed by atoms with E-state index >= 15 is 0 Å². The predicted molar refractivity (Wildman–Crippen MR) is 91.9 cm³/mol. The van der Waals surface area contributed by atoms with Gasteiger partial charge in [0.2, 0.25) is 5.91 Å². The zero-order chi connectivity index (χ0) is 16.1. The van der Waals surface area contributed by atoms with E-state index < -0.39 is 0 Å². The van der Waals surface area contributed by atoms with Crippen molar-refractivity contribution in [1.29, 1.82) is 0 Å². The SMILES string of the molecule is CCN(Cc1ccncc1)C(=O)CCc1c[nH]c2ccccc12. The number of aromatic nitrogens is 2. The van der Waals surface area contributed by atoms with Crippen LogP contribution in [0.3, 0.4) is 0 Å². The van der Waals surface area contributed by atoms with Crippen LogP contribution in [0.2, 0.25) is 0 Å². The van der Waals surface area contributed by atoms with Crippen molar-refractivity contribution >= 4 is 16.8 Å². The molecule has 0 saturated heterocycles. The van der Waals surface area contributed by atoms with Gasteiger partial charge < -0.3 is 9.88 Å². The lowest BCUT2D eigenvalue weighted by Gasteiger charge is -2.21. The smallest absolute Gasteiger partial charge is 0.223 e. The highest BCUT2D eigenvalue weighted by Crippen LogP contribution is 2.19. The topological polar surface area (TPSA) is 49.0 Å². The van der Waals surface area contributed by atoms with Crippen LogP contribution in [0.15, 0.2) is 55.0 Å². The van der Waals surface area contributed by atoms with E-state index in [0.29, 0.717) is 13.0 Å². The molecule has 4 nitrogen and oxygen atoms in total. The average molecular weight is 307 g/mol. The molecule has 1 N–H and O–H groups in total. The van der Waals surface area contributed by atoms with Gasteiger partial charge in [-0.1, -0.05) is 18.2 Å². The van der Waals surface area contributed by atoms with E-state index in [-0.39, 0.29) is 5.91 Å². The molecule has 0 unspecified atom stereocenters. The Hall–Kier alpha value is -2.62. The summed E-state index contributed by atoms with van der Waals surface area (Å²) in [6.45, 7) is 3.38. The van der Waals surface area contributed by atoms with Crippen LogP contribution in [0.5, 0.6) is 0 Å². The lowest BCUT2D eigenvalue weighted by atomic mass is 10.1. The molecule has 0 aliphatic carbocycles. The second-order valence-corrected chi connectivity index (χ2v) is 5.62. The van der Waals surface area contributed by atoms with Gasteiger partial charge in [0.25, 0.3) is 0 Å². The summed E-state index contributed by atoms with van der Waals surface area (Å²) in [5.74, 6) is 0.189. The van der Waals surface area contributed by atoms with Crippen molar-refractivity contribution in [3.63, 3.8) is 0 Å². The van der Waals surface area contributed by atoms with Crippen molar-refractivity contribution in [2.75, 3.05) is 6.54 Å². The van der Waals surface area contributed by atoms with Crippen LogP contribution < -0.4 is 0 Å². The summed E-state index contributed by atoms with van der Waals surface area (Å²) in [5.41, 5.74) is 3.44. The summed E-state index contributed by atoms with van der Waals surface area (Å²) in [5, 5.41) is 1.21. The molecule has 3 aromatic rings. The molecular weight excluding hydrogens is 286 g/mol. The zero-order valence-electron chi connectivity index (χ0n) is 13.3. The Morgan fingerprint density at radius 3 is 2.74 bits per heavy atom. The molecule has 2 aromatic heterocycles. The number of nitrogens with one attached hydrogen (secondary N) is 1. The number of benzene rings is 1. The maximum atomic E-state index is 12.5. The number of amides is 1. The monoisotopic (exact) mass is 307 g/mol. The molecule has 0 saturated carbocycles. The first-order valence-corrected chi connectivity index (χ1v) is 7.99. The average Bonchev–Trinajstić information content (AvgIpc) is 3.01. The summed E-state index contributed by atoms with van der Waals surface area (Å²) >= 11 is 0. The fraction of sp³-hybridized carbons (Fsp3) is 0.263. The molecule has 0 aliphatic rings. The lowest BCUT2D eigenvalue weighted by Crippen LogP contribution is -2.30. The number of hydrogen-bond acceptors (Lipinski definition) is 2. The number of aromatic amines is 1. The molecular formula is C19H21N3O. The molecule has 0 atom stereocenters. The van der Waals surface area contributed by atoms with E-state index in [0.717, 1.165) is 24.0 Å². The molecule has 0 radical (unpaired) electrons. The van der Waals surface area contributed by atoms with Crippen LogP contribution in [0.1, 0.15) is 24.5 Å². The van der Waals surface area contributed by atoms with Crippen molar-refractivity contribution in [3.05, 3.63) is 66.1 Å². The van der Waals surface area contributed by atoms with Gasteiger partial charge in [-0.3, -0.25) is 9.78 Å². The second-order valence-electron chi connectivity index (χ2n) is 5.62. The van der Waals surface area contributed by atoms with Gasteiger partial charge in [0.1, 0.15) is 0 Å². The molecule has 0 aliphatic heterocycles. The van der Waals surface area contributed by atoms with Gasteiger partial charge in [-0.05, 0) is 42.7 Å². The molecule has 0 spiro atoms. The standard InChI is InChI=1S/C19H21N3O/c1-2-22(14-15-9-11-20-12-10-15)19(23)8-7-16-13-21-18-6-4-3-5-17(16)18/h3-6,9-13,21H,2,7-8,14H2,1H3. The second kappa shape index (κ2) is 7.09. The number of para-hydroxylation sites is 1. The Balaban J connectivity index is 1.63. The Morgan fingerprint density at radius 1 is 1.17 bits per heavy atom. The predicted octanol–water partition coefficient (Wildman–Crippen LogP) is 3.54. The highest BCUT2D eigenvalue weighted by atomic mass is 16.2. The van der Waals surface area contributed by atoms with Gasteiger partial charge in [-0.15, -0.1) is 0 Å². The zero-order valence-corrected chi connectivity index (χ0v) is 13.3. The number of nitrogens with zero attached hydrogens (tertiary/aromatic N) is 2. The van der Waals surface area contributed by atoms with Crippen molar-refractivity contribution in [2.45, 2.75) is 26.3 Å². The Labute approximate surface area is 136 Å². The minimum atomic E-state index is 0.189. The summed E-state index contributed by atoms with van der Waals surface area (Å²) in [6.07, 6.45) is 6.83. The number of rotatable bonds is 6. The number of fused-ring (bicyclic) bond motifs is 1. The Kier molecular flexibility index (Phi) is 4.71. The molecule has 1 amide bonds. The minimum absolute atomic E-state index is 0.189. The maximum Gasteiger partial charge on any atom is 0.223 e. The van der Waals surface area contributed by atoms with Crippen molar-refractivity contribution < 1.29 is 4.79 Å². The fourth-order valence-corrected chi connectivity index (χ4v) is 2.82. The highest BCUT2D eigenvalue weighted by Gasteiger charge is 2.13. The van der Waals surface area contributed by atoms with E-state index in [9.17, 15) is 4.79 Å². The van der Waals surface area contributed by atoms with E-state index in [1.165, 1.54) is 10.9 Å². The summed E-state index contributed by atoms with van der Waals surface area (Å²) < 4.78 is 0. The van der Waals surface area contributed by atoms with Gasteiger partial charge in [-0.2, -0.15) is 0 Å². The third-order valence-electron chi connectivity index (χ3n) is 4.14. The minimum Gasteiger partial charge on any atom is -0.361 e. The first kappa shape index (κ1) is 15.3. The normalized spacial score (nSPS) is 10.8. The van der Waals surface area contributed by atoms with Crippen LogP contribution in [0.25, 0.3) is 10.9 Å². The van der Waals surface area contributed by atoms with Gasteiger partial charge in [0.15, 0.2) is 0 Å². The van der Waals surface area contributed by atoms with Gasteiger partial charge >= 0.3 is 0 Å². The lowest BCUT2D eigenvalue weighted by molar-refractivity contribution is -0.131. The van der Waals surface area contributed by atoms with Gasteiger partial charge in [0, 0.05) is 49.0 Å². The van der Waals surface area contributed by atoms with Gasteiger partial charge in [0.05, 0.1) is 0 Å². The van der Waals surface area contributed by atoms with E-state index in [1.807, 2.05) is 42.3 Å². The summed E-state index contributed by atoms with van der Waals surface area (Å²) in [6, 6.07) is 12.1. The van der Waals surface area contributed by atoms with Gasteiger partial charge in [-0.25, -0.2) is 0 Å². The molecule has 4 heteroatoms. The largest absolute Gasteiger partial charge is 0.361 e. The number of H-pyrrole nitrogens is 1. The molecule has 3 rings (SSSR count). The van der Waals surface area contributed by atoms with Crippen LogP contribution in [0, 0.1) is 0 Å². The van der Waals surface area contributed by atoms with Crippen LogP contribution in [-0.2, 0) is 17.8 Å². The van der Waals surface area contributed by atoms with Crippen LogP contribution in [-0.4, -0.2) is 27.3 Å². The van der Waals surface area contributed by atoms with Crippen LogP contribution >= 0.6 is 0 Å². The number of hydrogen-bond donors (Lipinski definition) is 1. The Bertz CT molecular complexity index is 779. The van der Waals surface area contributed by atoms with Crippen molar-refractivity contribution in [2.24, 2.45) is 0 Å². The first-order chi connectivity index (χ1) is 11.3. The van der Waals surface area contributed by atoms with E-state index in [2.05, 4.69) is 22.1 Å². The number of pyridine rings is 1. The molecule has 2 heterocycles. The fourth-order valence-electron chi connectivity index (χ4n) is 2.82. The molecule has 118 valence electrons. The molecule has 23 heavy (non-hydrogen) atoms. The molecule has 0 bridgehead atoms. The first-order valence-electron chi connectivity index (χ1n) is 7.99. The van der Waals surface area contributed by atoms with E-state index in [1.54, 1.807) is 12.4 Å². The number of carbonyl (C=O) groups is 1. The molecule has 1 aromatic carbocycles. The number of aryl methyl sites for hydroxylation is 1.